The first-order chi connectivity index (χ1) is 16.0. The van der Waals surface area contributed by atoms with E-state index in [4.69, 9.17) is 4.42 Å². The van der Waals surface area contributed by atoms with Crippen LogP contribution in [0, 0.1) is 13.8 Å². The van der Waals surface area contributed by atoms with E-state index in [-0.39, 0.29) is 17.5 Å². The van der Waals surface area contributed by atoms with Crippen LogP contribution in [0.3, 0.4) is 0 Å². The van der Waals surface area contributed by atoms with Crippen LogP contribution < -0.4 is 5.32 Å². The molecule has 6 heteroatoms. The molecule has 1 aliphatic heterocycles. The number of hydrogen-bond acceptors (Lipinski definition) is 4. The molecule has 0 unspecified atom stereocenters. The number of nitrogens with one attached hydrogen (secondary N) is 1. The summed E-state index contributed by atoms with van der Waals surface area (Å²) < 4.78 is 5.40. The number of hydrogen-bond donors (Lipinski definition) is 1. The van der Waals surface area contributed by atoms with Crippen molar-refractivity contribution in [3.05, 3.63) is 101 Å². The molecule has 0 spiro atoms. The molecule has 33 heavy (non-hydrogen) atoms. The summed E-state index contributed by atoms with van der Waals surface area (Å²) in [6, 6.07) is 19.4. The Morgan fingerprint density at radius 3 is 2.36 bits per heavy atom. The van der Waals surface area contributed by atoms with E-state index in [1.54, 1.807) is 35.4 Å². The Hall–Kier alpha value is -3.64. The fourth-order valence-electron chi connectivity index (χ4n) is 3.87. The first-order valence-corrected chi connectivity index (χ1v) is 11.2. The van der Waals surface area contributed by atoms with Gasteiger partial charge in [-0.3, -0.25) is 14.5 Å². The average molecular weight is 444 g/mol. The Morgan fingerprint density at radius 2 is 1.70 bits per heavy atom. The van der Waals surface area contributed by atoms with Crippen LogP contribution in [0.5, 0.6) is 0 Å². The van der Waals surface area contributed by atoms with Gasteiger partial charge in [-0.1, -0.05) is 36.4 Å². The molecule has 1 fully saturated rings. The number of piperazine rings is 1. The number of carbonyl (C=O) groups excluding carboxylic acids is 2. The molecule has 0 bridgehead atoms. The van der Waals surface area contributed by atoms with Crippen molar-refractivity contribution in [2.24, 2.45) is 0 Å². The molecule has 6 nitrogen and oxygen atoms in total. The third kappa shape index (κ3) is 5.79. The Bertz CT molecular complexity index is 1130. The summed E-state index contributed by atoms with van der Waals surface area (Å²) in [6.07, 6.45) is 3.14. The summed E-state index contributed by atoms with van der Waals surface area (Å²) in [4.78, 5) is 30.4. The fraction of sp³-hybridized carbons (Fsp3) is 0.259. The van der Waals surface area contributed by atoms with E-state index in [0.717, 1.165) is 30.8 Å². The second-order valence-electron chi connectivity index (χ2n) is 8.38. The lowest BCUT2D eigenvalue weighted by molar-refractivity contribution is -0.129. The molecule has 0 aliphatic carbocycles. The third-order valence-electron chi connectivity index (χ3n) is 5.99. The highest BCUT2D eigenvalue weighted by molar-refractivity contribution is 6.05. The molecule has 1 aromatic heterocycles. The van der Waals surface area contributed by atoms with Crippen molar-refractivity contribution in [3.63, 3.8) is 0 Å². The predicted molar refractivity (Wildman–Crippen MR) is 128 cm³/mol. The first-order valence-electron chi connectivity index (χ1n) is 11.2. The molecule has 0 atom stereocenters. The molecule has 0 saturated carbocycles. The van der Waals surface area contributed by atoms with Gasteiger partial charge in [0.2, 0.25) is 0 Å². The number of rotatable bonds is 6. The minimum Gasteiger partial charge on any atom is -0.465 e. The predicted octanol–water partition coefficient (Wildman–Crippen LogP) is 4.01. The van der Waals surface area contributed by atoms with Gasteiger partial charge in [0.25, 0.3) is 11.8 Å². The molecular weight excluding hydrogens is 414 g/mol. The number of amides is 2. The standard InChI is InChI=1S/C27H29N3O3/c1-20-10-11-23(17-21(20)2)26(31)28-25(18-24-9-6-16-33-24)27(32)30-14-12-29(13-15-30)19-22-7-4-3-5-8-22/h3-11,16-18H,12-15,19H2,1-2H3,(H,28,31)/b25-18+. The molecule has 2 amide bonds. The van der Waals surface area contributed by atoms with E-state index in [1.165, 1.54) is 5.56 Å². The molecule has 3 aromatic rings. The van der Waals surface area contributed by atoms with Gasteiger partial charge in [0, 0.05) is 44.4 Å². The summed E-state index contributed by atoms with van der Waals surface area (Å²) >= 11 is 0. The summed E-state index contributed by atoms with van der Waals surface area (Å²) in [5.41, 5.74) is 4.13. The Labute approximate surface area is 194 Å². The average Bonchev–Trinajstić information content (AvgIpc) is 3.34. The molecular formula is C27H29N3O3. The zero-order valence-corrected chi connectivity index (χ0v) is 19.1. The zero-order valence-electron chi connectivity index (χ0n) is 19.1. The van der Waals surface area contributed by atoms with Crippen molar-refractivity contribution in [3.8, 4) is 0 Å². The lowest BCUT2D eigenvalue weighted by Crippen LogP contribution is -2.50. The maximum atomic E-state index is 13.4. The number of nitrogens with zero attached hydrogens (tertiary/aromatic N) is 2. The van der Waals surface area contributed by atoms with Gasteiger partial charge in [0.05, 0.1) is 6.26 Å². The molecule has 2 aromatic carbocycles. The summed E-state index contributed by atoms with van der Waals surface area (Å²) in [5, 5.41) is 2.82. The fourth-order valence-corrected chi connectivity index (χ4v) is 3.87. The van der Waals surface area contributed by atoms with Gasteiger partial charge in [-0.15, -0.1) is 0 Å². The van der Waals surface area contributed by atoms with E-state index in [9.17, 15) is 9.59 Å². The normalized spacial score (nSPS) is 14.8. The van der Waals surface area contributed by atoms with Gasteiger partial charge in [-0.2, -0.15) is 0 Å². The highest BCUT2D eigenvalue weighted by atomic mass is 16.3. The maximum absolute atomic E-state index is 13.4. The second-order valence-corrected chi connectivity index (χ2v) is 8.38. The van der Waals surface area contributed by atoms with Gasteiger partial charge in [0.1, 0.15) is 11.5 Å². The molecule has 170 valence electrons. The highest BCUT2D eigenvalue weighted by Gasteiger charge is 2.25. The van der Waals surface area contributed by atoms with Crippen LogP contribution in [-0.4, -0.2) is 47.8 Å². The summed E-state index contributed by atoms with van der Waals surface area (Å²) in [5.74, 6) is -0.00337. The Balaban J connectivity index is 1.45. The number of furan rings is 1. The van der Waals surface area contributed by atoms with Crippen LogP contribution in [0.25, 0.3) is 6.08 Å². The molecule has 1 N–H and O–H groups in total. The Kier molecular flexibility index (Phi) is 7.05. The smallest absolute Gasteiger partial charge is 0.270 e. The highest BCUT2D eigenvalue weighted by Crippen LogP contribution is 2.15. The molecule has 2 heterocycles. The van der Waals surface area contributed by atoms with Crippen LogP contribution in [0.1, 0.15) is 32.8 Å². The van der Waals surface area contributed by atoms with Gasteiger partial charge in [-0.05, 0) is 54.8 Å². The monoisotopic (exact) mass is 443 g/mol. The van der Waals surface area contributed by atoms with Crippen LogP contribution in [0.4, 0.5) is 0 Å². The van der Waals surface area contributed by atoms with E-state index >= 15 is 0 Å². The van der Waals surface area contributed by atoms with E-state index in [2.05, 4.69) is 22.3 Å². The van der Waals surface area contributed by atoms with Crippen molar-refractivity contribution in [2.75, 3.05) is 26.2 Å². The lowest BCUT2D eigenvalue weighted by Gasteiger charge is -2.35. The van der Waals surface area contributed by atoms with E-state index < -0.39 is 0 Å². The number of aryl methyl sites for hydroxylation is 2. The lowest BCUT2D eigenvalue weighted by atomic mass is 10.1. The van der Waals surface area contributed by atoms with Crippen LogP contribution in [0.15, 0.2) is 77.0 Å². The van der Waals surface area contributed by atoms with Gasteiger partial charge in [0.15, 0.2) is 0 Å². The van der Waals surface area contributed by atoms with Crippen LogP contribution >= 0.6 is 0 Å². The SMILES string of the molecule is Cc1ccc(C(=O)N/C(=C/c2ccco2)C(=O)N2CCN(Cc3ccccc3)CC2)cc1C. The van der Waals surface area contributed by atoms with Crippen molar-refractivity contribution in [1.82, 2.24) is 15.1 Å². The first kappa shape index (κ1) is 22.6. The zero-order chi connectivity index (χ0) is 23.2. The van der Waals surface area contributed by atoms with Crippen molar-refractivity contribution < 1.29 is 14.0 Å². The minimum atomic E-state index is -0.313. The quantitative estimate of drug-likeness (QED) is 0.585. The Morgan fingerprint density at radius 1 is 0.939 bits per heavy atom. The molecule has 1 saturated heterocycles. The van der Waals surface area contributed by atoms with Gasteiger partial charge in [-0.25, -0.2) is 0 Å². The van der Waals surface area contributed by atoms with Crippen LogP contribution in [-0.2, 0) is 11.3 Å². The van der Waals surface area contributed by atoms with E-state index in [0.29, 0.717) is 24.4 Å². The molecule has 0 radical (unpaired) electrons. The number of benzene rings is 2. The van der Waals surface area contributed by atoms with Crippen molar-refractivity contribution >= 4 is 17.9 Å². The van der Waals surface area contributed by atoms with E-state index in [1.807, 2.05) is 44.2 Å². The maximum Gasteiger partial charge on any atom is 0.270 e. The summed E-state index contributed by atoms with van der Waals surface area (Å²) in [6.45, 7) is 7.58. The molecule has 4 rings (SSSR count). The largest absolute Gasteiger partial charge is 0.465 e. The minimum absolute atomic E-state index is 0.206. The molecule has 1 aliphatic rings. The van der Waals surface area contributed by atoms with Gasteiger partial charge < -0.3 is 14.6 Å². The topological polar surface area (TPSA) is 65.8 Å². The van der Waals surface area contributed by atoms with Crippen molar-refractivity contribution in [1.29, 1.82) is 0 Å². The number of carbonyl (C=O) groups is 2. The van der Waals surface area contributed by atoms with Crippen LogP contribution in [0.2, 0.25) is 0 Å². The van der Waals surface area contributed by atoms with Gasteiger partial charge >= 0.3 is 0 Å². The summed E-state index contributed by atoms with van der Waals surface area (Å²) in [7, 11) is 0. The second kappa shape index (κ2) is 10.3. The third-order valence-corrected chi connectivity index (χ3v) is 5.99. The van der Waals surface area contributed by atoms with Crippen molar-refractivity contribution in [2.45, 2.75) is 20.4 Å².